The molecular weight excluding hydrogens is 476 g/mol. The molecule has 0 spiro atoms. The first-order valence-corrected chi connectivity index (χ1v) is 13.1. The minimum absolute atomic E-state index is 0.233. The van der Waals surface area contributed by atoms with Crippen LogP contribution in [0.3, 0.4) is 0 Å². The number of aromatic hydroxyl groups is 2. The summed E-state index contributed by atoms with van der Waals surface area (Å²) in [6.07, 6.45) is 0. The molecule has 1 aliphatic rings. The fourth-order valence-corrected chi connectivity index (χ4v) is 6.17. The van der Waals surface area contributed by atoms with Gasteiger partial charge in [0.1, 0.15) is 11.5 Å². The highest BCUT2D eigenvalue weighted by molar-refractivity contribution is 5.91. The predicted molar refractivity (Wildman–Crippen MR) is 158 cm³/mol. The van der Waals surface area contributed by atoms with Gasteiger partial charge in [-0.2, -0.15) is 0 Å². The van der Waals surface area contributed by atoms with Crippen LogP contribution in [0.15, 0.2) is 146 Å². The fourth-order valence-electron chi connectivity index (χ4n) is 6.17. The molecule has 0 bridgehead atoms. The molecule has 0 fully saturated rings. The van der Waals surface area contributed by atoms with Crippen LogP contribution in [0.4, 0.5) is 0 Å². The molecule has 1 aliphatic carbocycles. The van der Waals surface area contributed by atoms with E-state index in [4.69, 9.17) is 0 Å². The van der Waals surface area contributed by atoms with Gasteiger partial charge in [0.2, 0.25) is 0 Å². The van der Waals surface area contributed by atoms with Crippen molar-refractivity contribution in [2.24, 2.45) is 0 Å². The van der Waals surface area contributed by atoms with Gasteiger partial charge in [0.15, 0.2) is 0 Å². The minimum atomic E-state index is -0.615. The van der Waals surface area contributed by atoms with Crippen molar-refractivity contribution in [1.82, 2.24) is 0 Å². The Bertz CT molecular complexity index is 1650. The lowest BCUT2D eigenvalue weighted by Crippen LogP contribution is -2.28. The van der Waals surface area contributed by atoms with Gasteiger partial charge >= 0.3 is 0 Å². The van der Waals surface area contributed by atoms with Crippen molar-refractivity contribution >= 4 is 0 Å². The summed E-state index contributed by atoms with van der Waals surface area (Å²) in [5.41, 5.74) is 10.9. The van der Waals surface area contributed by atoms with Crippen LogP contribution in [0.5, 0.6) is 11.5 Å². The first kappa shape index (κ1) is 23.1. The van der Waals surface area contributed by atoms with E-state index in [1.54, 1.807) is 24.3 Å². The van der Waals surface area contributed by atoms with E-state index in [1.807, 2.05) is 36.4 Å². The van der Waals surface area contributed by atoms with Crippen LogP contribution < -0.4 is 0 Å². The Morgan fingerprint density at radius 2 is 0.744 bits per heavy atom. The van der Waals surface area contributed by atoms with Crippen molar-refractivity contribution in [3.05, 3.63) is 168 Å². The number of hydrogen-bond donors (Lipinski definition) is 2. The van der Waals surface area contributed by atoms with Crippen LogP contribution in [0.1, 0.15) is 22.3 Å². The monoisotopic (exact) mass is 502 g/mol. The molecule has 2 nitrogen and oxygen atoms in total. The maximum atomic E-state index is 10.2. The molecule has 0 unspecified atom stereocenters. The second kappa shape index (κ2) is 9.04. The van der Waals surface area contributed by atoms with E-state index in [0.29, 0.717) is 0 Å². The Morgan fingerprint density at radius 1 is 0.359 bits per heavy atom. The van der Waals surface area contributed by atoms with E-state index < -0.39 is 5.41 Å². The molecule has 7 rings (SSSR count). The average Bonchev–Trinajstić information content (AvgIpc) is 3.29. The number of phenolic OH excluding ortho intramolecular Hbond substituents is 2. The van der Waals surface area contributed by atoms with Crippen molar-refractivity contribution < 1.29 is 10.2 Å². The largest absolute Gasteiger partial charge is 0.508 e. The summed E-state index contributed by atoms with van der Waals surface area (Å²) >= 11 is 0. The molecule has 0 aliphatic heterocycles. The molecule has 0 saturated heterocycles. The van der Waals surface area contributed by atoms with Gasteiger partial charge in [-0.05, 0) is 92.0 Å². The molecule has 2 N–H and O–H groups in total. The lowest BCUT2D eigenvalue weighted by Gasteiger charge is -2.34. The van der Waals surface area contributed by atoms with Crippen LogP contribution in [0.25, 0.3) is 33.4 Å². The number of benzene rings is 6. The summed E-state index contributed by atoms with van der Waals surface area (Å²) in [6.45, 7) is 0. The van der Waals surface area contributed by atoms with Crippen LogP contribution in [0, 0.1) is 0 Å². The summed E-state index contributed by atoms with van der Waals surface area (Å²) in [7, 11) is 0. The van der Waals surface area contributed by atoms with E-state index in [9.17, 15) is 10.2 Å². The highest BCUT2D eigenvalue weighted by Crippen LogP contribution is 2.57. The third-order valence-corrected chi connectivity index (χ3v) is 7.95. The summed E-state index contributed by atoms with van der Waals surface area (Å²) in [4.78, 5) is 0. The normalized spacial score (nSPS) is 13.0. The predicted octanol–water partition coefficient (Wildman–Crippen LogP) is 8.79. The van der Waals surface area contributed by atoms with E-state index in [1.165, 1.54) is 33.4 Å². The number of phenols is 2. The Labute approximate surface area is 228 Å². The van der Waals surface area contributed by atoms with E-state index in [-0.39, 0.29) is 11.5 Å². The molecule has 6 aromatic carbocycles. The molecule has 0 atom stereocenters. The third kappa shape index (κ3) is 3.65. The summed E-state index contributed by atoms with van der Waals surface area (Å²) in [5, 5.41) is 20.3. The zero-order valence-corrected chi connectivity index (χ0v) is 21.3. The van der Waals surface area contributed by atoms with Crippen LogP contribution >= 0.6 is 0 Å². The zero-order chi connectivity index (χ0) is 26.4. The lowest BCUT2D eigenvalue weighted by atomic mass is 9.67. The quantitative estimate of drug-likeness (QED) is 0.252. The summed E-state index contributed by atoms with van der Waals surface area (Å²) in [5.74, 6) is 0.466. The van der Waals surface area contributed by atoms with Crippen molar-refractivity contribution in [2.45, 2.75) is 5.41 Å². The number of fused-ring (bicyclic) bond motifs is 3. The Kier molecular flexibility index (Phi) is 5.35. The lowest BCUT2D eigenvalue weighted by molar-refractivity contribution is 0.475. The van der Waals surface area contributed by atoms with Crippen molar-refractivity contribution in [2.75, 3.05) is 0 Å². The van der Waals surface area contributed by atoms with Gasteiger partial charge in [-0.1, -0.05) is 109 Å². The van der Waals surface area contributed by atoms with E-state index in [0.717, 1.165) is 22.3 Å². The van der Waals surface area contributed by atoms with Gasteiger partial charge in [-0.15, -0.1) is 0 Å². The molecule has 6 aromatic rings. The van der Waals surface area contributed by atoms with Crippen LogP contribution in [-0.2, 0) is 5.41 Å². The van der Waals surface area contributed by atoms with Crippen LogP contribution in [0.2, 0.25) is 0 Å². The Hall–Kier alpha value is -5.08. The molecule has 39 heavy (non-hydrogen) atoms. The summed E-state index contributed by atoms with van der Waals surface area (Å²) < 4.78 is 0. The maximum absolute atomic E-state index is 10.2. The Morgan fingerprint density at radius 3 is 1.13 bits per heavy atom. The third-order valence-electron chi connectivity index (χ3n) is 7.95. The standard InChI is InChI=1S/C37H26O2/c38-31-17-13-29(14-18-31)37(30-15-19-32(39)20-16-30)35-21-11-27(25-7-3-1-4-8-25)23-33(35)34-24-28(12-22-36(34)37)26-9-5-2-6-10-26/h1-24,38-39H. The van der Waals surface area contributed by atoms with Gasteiger partial charge in [0.25, 0.3) is 0 Å². The van der Waals surface area contributed by atoms with E-state index >= 15 is 0 Å². The van der Waals surface area contributed by atoms with Gasteiger partial charge in [0.05, 0.1) is 5.41 Å². The van der Waals surface area contributed by atoms with Crippen molar-refractivity contribution in [3.8, 4) is 44.9 Å². The van der Waals surface area contributed by atoms with Crippen LogP contribution in [-0.4, -0.2) is 10.2 Å². The molecule has 186 valence electrons. The van der Waals surface area contributed by atoms with Gasteiger partial charge in [-0.25, -0.2) is 0 Å². The Balaban J connectivity index is 1.57. The number of rotatable bonds is 4. The van der Waals surface area contributed by atoms with Crippen molar-refractivity contribution in [3.63, 3.8) is 0 Å². The molecular formula is C37H26O2. The second-order valence-electron chi connectivity index (χ2n) is 10.1. The highest BCUT2D eigenvalue weighted by atomic mass is 16.3. The first-order chi connectivity index (χ1) is 19.1. The fraction of sp³-hybridized carbons (Fsp3) is 0.0270. The molecule has 0 saturated carbocycles. The number of hydrogen-bond acceptors (Lipinski definition) is 2. The average molecular weight is 503 g/mol. The maximum Gasteiger partial charge on any atom is 0.115 e. The molecule has 2 heteroatoms. The zero-order valence-electron chi connectivity index (χ0n) is 21.3. The SMILES string of the molecule is Oc1ccc(C2(c3ccc(O)cc3)c3ccc(-c4ccccc4)cc3-c3cc(-c4ccccc4)ccc32)cc1. The van der Waals surface area contributed by atoms with E-state index in [2.05, 4.69) is 84.9 Å². The molecule has 0 amide bonds. The van der Waals surface area contributed by atoms with Crippen molar-refractivity contribution in [1.29, 1.82) is 0 Å². The topological polar surface area (TPSA) is 40.5 Å². The first-order valence-electron chi connectivity index (χ1n) is 13.1. The summed E-state index contributed by atoms with van der Waals surface area (Å²) in [6, 6.07) is 49.5. The molecule has 0 aromatic heterocycles. The second-order valence-corrected chi connectivity index (χ2v) is 10.1. The highest BCUT2D eigenvalue weighted by Gasteiger charge is 2.46. The van der Waals surface area contributed by atoms with Gasteiger partial charge < -0.3 is 10.2 Å². The van der Waals surface area contributed by atoms with Gasteiger partial charge in [-0.3, -0.25) is 0 Å². The smallest absolute Gasteiger partial charge is 0.115 e. The van der Waals surface area contributed by atoms with Gasteiger partial charge in [0, 0.05) is 0 Å². The minimum Gasteiger partial charge on any atom is -0.508 e. The molecule has 0 heterocycles. The molecule has 0 radical (unpaired) electrons.